The Labute approximate surface area is 104 Å². The molecule has 0 radical (unpaired) electrons. The van der Waals surface area contributed by atoms with Gasteiger partial charge in [0.25, 0.3) is 0 Å². The van der Waals surface area contributed by atoms with Crippen molar-refractivity contribution in [1.82, 2.24) is 0 Å². The van der Waals surface area contributed by atoms with Crippen LogP contribution in [0.1, 0.15) is 40.0 Å². The lowest BCUT2D eigenvalue weighted by Gasteiger charge is -2.20. The van der Waals surface area contributed by atoms with E-state index < -0.39 is 6.04 Å². The molecular weight excluding hydrogens is 218 g/mol. The average Bonchev–Trinajstić information content (AvgIpc) is 2.29. The lowest BCUT2D eigenvalue weighted by Crippen LogP contribution is -2.37. The van der Waals surface area contributed by atoms with Crippen LogP contribution in [0.5, 0.6) is 0 Å². The highest BCUT2D eigenvalue weighted by molar-refractivity contribution is 5.75. The Kier molecular flexibility index (Phi) is 5.92. The Morgan fingerprint density at radius 1 is 1.41 bits per heavy atom. The van der Waals surface area contributed by atoms with Gasteiger partial charge in [0.05, 0.1) is 12.7 Å². The summed E-state index contributed by atoms with van der Waals surface area (Å²) in [7, 11) is 0. The molecule has 4 nitrogen and oxygen atoms in total. The second-order valence-corrected chi connectivity index (χ2v) is 5.46. The number of cyclic esters (lactones) is 1. The summed E-state index contributed by atoms with van der Waals surface area (Å²) in [5.41, 5.74) is 5.65. The van der Waals surface area contributed by atoms with Crippen molar-refractivity contribution in [3.8, 4) is 0 Å². The van der Waals surface area contributed by atoms with Crippen molar-refractivity contribution in [2.75, 3.05) is 13.2 Å². The molecule has 1 saturated heterocycles. The van der Waals surface area contributed by atoms with E-state index in [-0.39, 0.29) is 18.7 Å². The number of hydrogen-bond donors (Lipinski definition) is 1. The van der Waals surface area contributed by atoms with E-state index in [0.29, 0.717) is 18.4 Å². The zero-order valence-corrected chi connectivity index (χ0v) is 11.1. The third-order valence-corrected chi connectivity index (χ3v) is 3.09. The first-order valence-electron chi connectivity index (χ1n) is 6.52. The molecule has 0 amide bonds. The van der Waals surface area contributed by atoms with Gasteiger partial charge in [-0.3, -0.25) is 4.79 Å². The van der Waals surface area contributed by atoms with Crippen LogP contribution in [0, 0.1) is 11.8 Å². The minimum absolute atomic E-state index is 0.0626. The van der Waals surface area contributed by atoms with Crippen molar-refractivity contribution >= 4 is 5.97 Å². The van der Waals surface area contributed by atoms with E-state index in [0.717, 1.165) is 12.8 Å². The highest BCUT2D eigenvalue weighted by Gasteiger charge is 2.24. The Morgan fingerprint density at radius 2 is 2.12 bits per heavy atom. The van der Waals surface area contributed by atoms with Gasteiger partial charge in [0.15, 0.2) is 0 Å². The molecule has 4 heteroatoms. The van der Waals surface area contributed by atoms with E-state index in [1.54, 1.807) is 0 Å². The molecule has 2 unspecified atom stereocenters. The topological polar surface area (TPSA) is 61.5 Å². The Balaban J connectivity index is 2.48. The third kappa shape index (κ3) is 5.50. The minimum atomic E-state index is -0.638. The molecular formula is C13H25NO3. The maximum Gasteiger partial charge on any atom is 0.325 e. The van der Waals surface area contributed by atoms with Crippen LogP contribution in [0.25, 0.3) is 0 Å². The average molecular weight is 243 g/mol. The summed E-state index contributed by atoms with van der Waals surface area (Å²) in [5, 5.41) is 0. The van der Waals surface area contributed by atoms with Crippen molar-refractivity contribution in [3.63, 3.8) is 0 Å². The largest absolute Gasteiger partial charge is 0.461 e. The molecule has 1 aliphatic heterocycles. The van der Waals surface area contributed by atoms with Gasteiger partial charge in [-0.2, -0.15) is 0 Å². The second kappa shape index (κ2) is 6.97. The SMILES string of the molecule is CC(C)CCC1COC[C@H](N)C(=O)OC(C)C1. The van der Waals surface area contributed by atoms with E-state index in [4.69, 9.17) is 15.2 Å². The molecule has 1 heterocycles. The normalized spacial score (nSPS) is 31.6. The Hall–Kier alpha value is -0.610. The molecule has 0 saturated carbocycles. The minimum Gasteiger partial charge on any atom is -0.461 e. The van der Waals surface area contributed by atoms with E-state index in [2.05, 4.69) is 13.8 Å². The first-order chi connectivity index (χ1) is 7.99. The molecule has 2 N–H and O–H groups in total. The van der Waals surface area contributed by atoms with Crippen LogP contribution in [0.3, 0.4) is 0 Å². The lowest BCUT2D eigenvalue weighted by atomic mass is 9.94. The molecule has 3 atom stereocenters. The maximum absolute atomic E-state index is 11.5. The van der Waals surface area contributed by atoms with Gasteiger partial charge in [0, 0.05) is 6.61 Å². The summed E-state index contributed by atoms with van der Waals surface area (Å²) in [6.07, 6.45) is 3.10. The van der Waals surface area contributed by atoms with E-state index in [9.17, 15) is 4.79 Å². The molecule has 0 aromatic carbocycles. The summed E-state index contributed by atoms with van der Waals surface area (Å²) in [6.45, 7) is 7.31. The number of rotatable bonds is 3. The fourth-order valence-corrected chi connectivity index (χ4v) is 2.07. The van der Waals surface area contributed by atoms with Crippen molar-refractivity contribution in [2.45, 2.75) is 52.2 Å². The van der Waals surface area contributed by atoms with Gasteiger partial charge in [0.1, 0.15) is 6.04 Å². The lowest BCUT2D eigenvalue weighted by molar-refractivity contribution is -0.150. The smallest absolute Gasteiger partial charge is 0.325 e. The zero-order valence-electron chi connectivity index (χ0n) is 11.1. The third-order valence-electron chi connectivity index (χ3n) is 3.09. The van der Waals surface area contributed by atoms with Crippen LogP contribution in [0.4, 0.5) is 0 Å². The van der Waals surface area contributed by atoms with Gasteiger partial charge >= 0.3 is 5.97 Å². The van der Waals surface area contributed by atoms with Gasteiger partial charge in [-0.1, -0.05) is 20.3 Å². The first kappa shape index (κ1) is 14.5. The summed E-state index contributed by atoms with van der Waals surface area (Å²) in [6, 6.07) is -0.638. The molecule has 100 valence electrons. The molecule has 1 fully saturated rings. The molecule has 0 bridgehead atoms. The molecule has 0 aromatic heterocycles. The van der Waals surface area contributed by atoms with Crippen LogP contribution in [0.2, 0.25) is 0 Å². The van der Waals surface area contributed by atoms with Crippen molar-refractivity contribution in [3.05, 3.63) is 0 Å². The number of hydrogen-bond acceptors (Lipinski definition) is 4. The fraction of sp³-hybridized carbons (Fsp3) is 0.923. The number of nitrogens with two attached hydrogens (primary N) is 1. The molecule has 0 aliphatic carbocycles. The van der Waals surface area contributed by atoms with Gasteiger partial charge in [-0.15, -0.1) is 0 Å². The van der Waals surface area contributed by atoms with Crippen molar-refractivity contribution < 1.29 is 14.3 Å². The van der Waals surface area contributed by atoms with Gasteiger partial charge < -0.3 is 15.2 Å². The number of esters is 1. The zero-order chi connectivity index (χ0) is 12.8. The van der Waals surface area contributed by atoms with E-state index in [1.165, 1.54) is 6.42 Å². The standard InChI is InChI=1S/C13H25NO3/c1-9(2)4-5-11-6-10(3)17-13(15)12(14)8-16-7-11/h9-12H,4-8,14H2,1-3H3/t10?,11?,12-/m0/s1. The van der Waals surface area contributed by atoms with Gasteiger partial charge in [-0.25, -0.2) is 0 Å². The summed E-state index contributed by atoms with van der Waals surface area (Å²) in [4.78, 5) is 11.5. The monoisotopic (exact) mass is 243 g/mol. The molecule has 0 aromatic rings. The first-order valence-corrected chi connectivity index (χ1v) is 6.52. The molecule has 1 aliphatic rings. The molecule has 0 spiro atoms. The highest BCUT2D eigenvalue weighted by atomic mass is 16.5. The predicted molar refractivity (Wildman–Crippen MR) is 66.5 cm³/mol. The van der Waals surface area contributed by atoms with Crippen LogP contribution < -0.4 is 5.73 Å². The molecule has 1 rings (SSSR count). The summed E-state index contributed by atoms with van der Waals surface area (Å²) < 4.78 is 10.8. The number of carbonyl (C=O) groups excluding carboxylic acids is 1. The van der Waals surface area contributed by atoms with E-state index in [1.807, 2.05) is 6.92 Å². The fourth-order valence-electron chi connectivity index (χ4n) is 2.07. The van der Waals surface area contributed by atoms with E-state index >= 15 is 0 Å². The summed E-state index contributed by atoms with van der Waals surface area (Å²) in [5.74, 6) is 0.815. The van der Waals surface area contributed by atoms with Crippen LogP contribution in [-0.4, -0.2) is 31.3 Å². The van der Waals surface area contributed by atoms with Gasteiger partial charge in [-0.05, 0) is 31.6 Å². The Bertz CT molecular complexity index is 243. The predicted octanol–water partition coefficient (Wildman–Crippen LogP) is 1.72. The van der Waals surface area contributed by atoms with Crippen LogP contribution in [-0.2, 0) is 14.3 Å². The quantitative estimate of drug-likeness (QED) is 0.767. The van der Waals surface area contributed by atoms with Crippen molar-refractivity contribution in [1.29, 1.82) is 0 Å². The highest BCUT2D eigenvalue weighted by Crippen LogP contribution is 2.20. The van der Waals surface area contributed by atoms with Crippen LogP contribution in [0.15, 0.2) is 0 Å². The second-order valence-electron chi connectivity index (χ2n) is 5.46. The maximum atomic E-state index is 11.5. The number of ether oxygens (including phenoxy) is 2. The molecule has 17 heavy (non-hydrogen) atoms. The number of carbonyl (C=O) groups is 1. The van der Waals surface area contributed by atoms with Crippen molar-refractivity contribution in [2.24, 2.45) is 17.6 Å². The Morgan fingerprint density at radius 3 is 2.76 bits per heavy atom. The van der Waals surface area contributed by atoms with Gasteiger partial charge in [0.2, 0.25) is 0 Å². The summed E-state index contributed by atoms with van der Waals surface area (Å²) >= 11 is 0. The van der Waals surface area contributed by atoms with Crippen LogP contribution >= 0.6 is 0 Å².